The summed E-state index contributed by atoms with van der Waals surface area (Å²) in [4.78, 5) is 25.0. The zero-order chi connectivity index (χ0) is 14.2. The van der Waals surface area contributed by atoms with Gasteiger partial charge in [0.15, 0.2) is 0 Å². The molecule has 0 bridgehead atoms. The van der Waals surface area contributed by atoms with Crippen LogP contribution in [0.25, 0.3) is 0 Å². The molecule has 0 saturated carbocycles. The topological polar surface area (TPSA) is 83.6 Å². The van der Waals surface area contributed by atoms with Crippen LogP contribution in [-0.2, 0) is 4.79 Å². The number of nitrogens with two attached hydrogens (primary N) is 1. The fourth-order valence-corrected chi connectivity index (χ4v) is 2.58. The van der Waals surface area contributed by atoms with Gasteiger partial charge < -0.3 is 15.7 Å². The van der Waals surface area contributed by atoms with Gasteiger partial charge in [0, 0.05) is 23.0 Å². The molecule has 102 valence electrons. The Balaban J connectivity index is 2.27. The molecule has 6 heteroatoms. The molecular weight excluding hydrogens is 312 g/mol. The summed E-state index contributed by atoms with van der Waals surface area (Å²) in [6.45, 7) is 2.06. The largest absolute Gasteiger partial charge is 0.391 e. The van der Waals surface area contributed by atoms with Gasteiger partial charge in [-0.15, -0.1) is 0 Å². The highest BCUT2D eigenvalue weighted by Crippen LogP contribution is 2.23. The van der Waals surface area contributed by atoms with Crippen molar-refractivity contribution in [2.45, 2.75) is 25.5 Å². The maximum absolute atomic E-state index is 12.4. The monoisotopic (exact) mass is 326 g/mol. The highest BCUT2D eigenvalue weighted by Gasteiger charge is 2.38. The number of hydrogen-bond acceptors (Lipinski definition) is 3. The number of carbonyl (C=O) groups excluding carboxylic acids is 2. The second kappa shape index (κ2) is 5.30. The fraction of sp³-hybridized carbons (Fsp3) is 0.385. The van der Waals surface area contributed by atoms with Gasteiger partial charge in [-0.3, -0.25) is 9.59 Å². The van der Waals surface area contributed by atoms with Crippen molar-refractivity contribution < 1.29 is 14.7 Å². The SMILES string of the molecule is Cc1ccc(C(=O)N2CC(O)CC2C(N)=O)cc1Br. The van der Waals surface area contributed by atoms with E-state index >= 15 is 0 Å². The van der Waals surface area contributed by atoms with Crippen LogP contribution in [0.4, 0.5) is 0 Å². The van der Waals surface area contributed by atoms with E-state index in [-0.39, 0.29) is 18.9 Å². The Bertz CT molecular complexity index is 533. The summed E-state index contributed by atoms with van der Waals surface area (Å²) in [5.74, 6) is -0.878. The van der Waals surface area contributed by atoms with Crippen LogP contribution in [-0.4, -0.2) is 40.5 Å². The molecule has 1 heterocycles. The van der Waals surface area contributed by atoms with E-state index in [2.05, 4.69) is 15.9 Å². The van der Waals surface area contributed by atoms with Crippen molar-refractivity contribution in [3.8, 4) is 0 Å². The van der Waals surface area contributed by atoms with Crippen LogP contribution in [0, 0.1) is 6.92 Å². The number of amides is 2. The van der Waals surface area contributed by atoms with Gasteiger partial charge >= 0.3 is 0 Å². The lowest BCUT2D eigenvalue weighted by atomic mass is 10.1. The van der Waals surface area contributed by atoms with Crippen LogP contribution in [0.15, 0.2) is 22.7 Å². The van der Waals surface area contributed by atoms with Crippen molar-refractivity contribution in [1.82, 2.24) is 4.90 Å². The number of aliphatic hydroxyl groups excluding tert-OH is 1. The lowest BCUT2D eigenvalue weighted by Gasteiger charge is -2.22. The molecule has 1 fully saturated rings. The van der Waals surface area contributed by atoms with Crippen LogP contribution >= 0.6 is 15.9 Å². The van der Waals surface area contributed by atoms with E-state index in [1.807, 2.05) is 13.0 Å². The van der Waals surface area contributed by atoms with E-state index < -0.39 is 18.1 Å². The van der Waals surface area contributed by atoms with Gasteiger partial charge in [-0.1, -0.05) is 22.0 Å². The first-order chi connectivity index (χ1) is 8.90. The number of carbonyl (C=O) groups is 2. The highest BCUT2D eigenvalue weighted by molar-refractivity contribution is 9.10. The van der Waals surface area contributed by atoms with Crippen LogP contribution in [0.5, 0.6) is 0 Å². The molecule has 19 heavy (non-hydrogen) atoms. The summed E-state index contributed by atoms with van der Waals surface area (Å²) in [6, 6.07) is 4.50. The van der Waals surface area contributed by atoms with Gasteiger partial charge in [-0.25, -0.2) is 0 Å². The van der Waals surface area contributed by atoms with Crippen LogP contribution in [0.1, 0.15) is 22.3 Å². The second-order valence-electron chi connectivity index (χ2n) is 4.73. The number of benzene rings is 1. The highest BCUT2D eigenvalue weighted by atomic mass is 79.9. The van der Waals surface area contributed by atoms with Crippen molar-refractivity contribution in [3.05, 3.63) is 33.8 Å². The van der Waals surface area contributed by atoms with Crippen LogP contribution < -0.4 is 5.73 Å². The molecule has 2 unspecified atom stereocenters. The summed E-state index contributed by atoms with van der Waals surface area (Å²) < 4.78 is 0.828. The van der Waals surface area contributed by atoms with Crippen molar-refractivity contribution >= 4 is 27.7 Å². The molecule has 5 nitrogen and oxygen atoms in total. The molecule has 2 atom stereocenters. The molecule has 1 aliphatic rings. The molecule has 0 aromatic heterocycles. The summed E-state index contributed by atoms with van der Waals surface area (Å²) in [6.07, 6.45) is -0.496. The number of rotatable bonds is 2. The Morgan fingerprint density at radius 2 is 2.16 bits per heavy atom. The Hall–Kier alpha value is -1.40. The Morgan fingerprint density at radius 1 is 1.47 bits per heavy atom. The van der Waals surface area contributed by atoms with Gasteiger partial charge in [0.05, 0.1) is 6.10 Å². The van der Waals surface area contributed by atoms with Crippen molar-refractivity contribution in [2.75, 3.05) is 6.54 Å². The van der Waals surface area contributed by atoms with Gasteiger partial charge in [0.2, 0.25) is 5.91 Å². The second-order valence-corrected chi connectivity index (χ2v) is 5.58. The molecule has 1 aliphatic heterocycles. The number of aliphatic hydroxyl groups is 1. The minimum absolute atomic E-state index is 0.137. The van der Waals surface area contributed by atoms with E-state index in [1.54, 1.807) is 12.1 Å². The van der Waals surface area contributed by atoms with E-state index in [9.17, 15) is 14.7 Å². The Kier molecular flexibility index (Phi) is 3.91. The average molecular weight is 327 g/mol. The third-order valence-electron chi connectivity index (χ3n) is 3.29. The molecule has 0 radical (unpaired) electrons. The van der Waals surface area contributed by atoms with E-state index in [0.29, 0.717) is 5.56 Å². The first-order valence-corrected chi connectivity index (χ1v) is 6.74. The molecular formula is C13H15BrN2O3. The van der Waals surface area contributed by atoms with E-state index in [4.69, 9.17) is 5.73 Å². The standard InChI is InChI=1S/C13H15BrN2O3/c1-7-2-3-8(4-10(7)14)13(19)16-6-9(17)5-11(16)12(15)18/h2-4,9,11,17H,5-6H2,1H3,(H2,15,18). The molecule has 1 saturated heterocycles. The van der Waals surface area contributed by atoms with Crippen LogP contribution in [0.2, 0.25) is 0 Å². The first-order valence-electron chi connectivity index (χ1n) is 5.94. The summed E-state index contributed by atoms with van der Waals surface area (Å²) in [7, 11) is 0. The molecule has 2 amide bonds. The van der Waals surface area contributed by atoms with Gasteiger partial charge in [-0.2, -0.15) is 0 Å². The number of β-amino-alcohol motifs (C(OH)–C–C–N with tert-alkyl or cyclic N) is 1. The first kappa shape index (κ1) is 14.0. The molecule has 1 aromatic rings. The van der Waals surface area contributed by atoms with Crippen molar-refractivity contribution in [1.29, 1.82) is 0 Å². The zero-order valence-electron chi connectivity index (χ0n) is 10.5. The minimum Gasteiger partial charge on any atom is -0.391 e. The molecule has 2 rings (SSSR count). The molecule has 0 spiro atoms. The maximum Gasteiger partial charge on any atom is 0.254 e. The van der Waals surface area contributed by atoms with Gasteiger partial charge in [0.1, 0.15) is 6.04 Å². The van der Waals surface area contributed by atoms with Gasteiger partial charge in [0.25, 0.3) is 5.91 Å². The lowest BCUT2D eigenvalue weighted by Crippen LogP contribution is -2.43. The number of halogens is 1. The van der Waals surface area contributed by atoms with Crippen molar-refractivity contribution in [3.63, 3.8) is 0 Å². The van der Waals surface area contributed by atoms with Crippen molar-refractivity contribution in [2.24, 2.45) is 5.73 Å². The zero-order valence-corrected chi connectivity index (χ0v) is 12.1. The lowest BCUT2D eigenvalue weighted by molar-refractivity contribution is -0.121. The number of aryl methyl sites for hydroxylation is 1. The number of hydrogen-bond donors (Lipinski definition) is 2. The summed E-state index contributed by atoms with van der Waals surface area (Å²) in [5.41, 5.74) is 6.76. The average Bonchev–Trinajstić information content (AvgIpc) is 2.74. The number of nitrogens with zero attached hydrogens (tertiary/aromatic N) is 1. The fourth-order valence-electron chi connectivity index (χ4n) is 2.20. The minimum atomic E-state index is -0.734. The number of likely N-dealkylation sites (tertiary alicyclic amines) is 1. The Labute approximate surface area is 119 Å². The van der Waals surface area contributed by atoms with E-state index in [0.717, 1.165) is 10.0 Å². The summed E-state index contributed by atoms with van der Waals surface area (Å²) >= 11 is 3.37. The van der Waals surface area contributed by atoms with Gasteiger partial charge in [-0.05, 0) is 24.6 Å². The maximum atomic E-state index is 12.4. The smallest absolute Gasteiger partial charge is 0.254 e. The molecule has 3 N–H and O–H groups in total. The normalized spacial score (nSPS) is 22.6. The number of primary amides is 1. The predicted octanol–water partition coefficient (Wildman–Crippen LogP) is 0.818. The quantitative estimate of drug-likeness (QED) is 0.843. The third kappa shape index (κ3) is 2.79. The Morgan fingerprint density at radius 3 is 2.74 bits per heavy atom. The molecule has 0 aliphatic carbocycles. The summed E-state index contributed by atoms with van der Waals surface area (Å²) in [5, 5.41) is 9.60. The predicted molar refractivity (Wildman–Crippen MR) is 73.5 cm³/mol. The van der Waals surface area contributed by atoms with E-state index in [1.165, 1.54) is 4.90 Å². The third-order valence-corrected chi connectivity index (χ3v) is 4.14. The molecule has 1 aromatic carbocycles. The van der Waals surface area contributed by atoms with Crippen LogP contribution in [0.3, 0.4) is 0 Å².